The van der Waals surface area contributed by atoms with Crippen LogP contribution in [0.5, 0.6) is 0 Å². The van der Waals surface area contributed by atoms with E-state index in [1.807, 2.05) is 12.1 Å². The Labute approximate surface area is 128 Å². The molecule has 4 nitrogen and oxygen atoms in total. The molecule has 1 N–H and O–H groups in total. The van der Waals surface area contributed by atoms with Gasteiger partial charge in [0.05, 0.1) is 16.8 Å². The normalized spacial score (nSPS) is 16.9. The van der Waals surface area contributed by atoms with Gasteiger partial charge < -0.3 is 9.67 Å². The van der Waals surface area contributed by atoms with Gasteiger partial charge in [0.2, 0.25) is 0 Å². The number of fused-ring (bicyclic) bond motifs is 1. The molecule has 1 heterocycles. The van der Waals surface area contributed by atoms with Gasteiger partial charge in [0.1, 0.15) is 0 Å². The largest absolute Gasteiger partial charge is 0.481 e. The molecule has 0 bridgehead atoms. The first-order valence-electron chi connectivity index (χ1n) is 7.40. The van der Waals surface area contributed by atoms with Crippen LogP contribution in [0.3, 0.4) is 0 Å². The minimum Gasteiger partial charge on any atom is -0.481 e. The third kappa shape index (κ3) is 2.67. The number of para-hydroxylation sites is 1. The second-order valence-electron chi connectivity index (χ2n) is 5.82. The van der Waals surface area contributed by atoms with Crippen molar-refractivity contribution in [2.75, 3.05) is 5.75 Å². The van der Waals surface area contributed by atoms with Crippen LogP contribution >= 0.6 is 11.8 Å². The number of hydrogen-bond acceptors (Lipinski definition) is 3. The number of rotatable bonds is 5. The molecule has 1 fully saturated rings. The summed E-state index contributed by atoms with van der Waals surface area (Å²) in [4.78, 5) is 15.5. The molecule has 1 aromatic carbocycles. The number of carboxylic acid groups (broad SMARTS) is 1. The molecular formula is C16H20N2O2S. The van der Waals surface area contributed by atoms with E-state index in [9.17, 15) is 4.79 Å². The summed E-state index contributed by atoms with van der Waals surface area (Å²) in [5.41, 5.74) is 3.33. The molecule has 1 aliphatic carbocycles. The standard InChI is InChI=1S/C16H20N2O2S/c1-10-5-3-8-13-15(10)18(11(2)12-6-4-7-12)16(17-13)21-9-14(19)20/h3,5,8,11-12H,4,6-7,9H2,1-2H3,(H,19,20). The maximum absolute atomic E-state index is 10.9. The topological polar surface area (TPSA) is 55.1 Å². The number of aromatic nitrogens is 2. The van der Waals surface area contributed by atoms with Crippen molar-refractivity contribution < 1.29 is 9.90 Å². The first kappa shape index (κ1) is 14.4. The lowest BCUT2D eigenvalue weighted by atomic mass is 9.80. The maximum Gasteiger partial charge on any atom is 0.313 e. The fraction of sp³-hybridized carbons (Fsp3) is 0.500. The zero-order chi connectivity index (χ0) is 15.0. The van der Waals surface area contributed by atoms with Gasteiger partial charge in [-0.05, 0) is 44.2 Å². The number of imidazole rings is 1. The van der Waals surface area contributed by atoms with Crippen molar-refractivity contribution >= 4 is 28.8 Å². The van der Waals surface area contributed by atoms with Crippen LogP contribution < -0.4 is 0 Å². The fourth-order valence-corrected chi connectivity index (χ4v) is 3.85. The van der Waals surface area contributed by atoms with Crippen LogP contribution in [0.25, 0.3) is 11.0 Å². The summed E-state index contributed by atoms with van der Waals surface area (Å²) in [7, 11) is 0. The first-order chi connectivity index (χ1) is 10.1. The van der Waals surface area contributed by atoms with Gasteiger partial charge in [-0.15, -0.1) is 0 Å². The van der Waals surface area contributed by atoms with E-state index in [4.69, 9.17) is 5.11 Å². The number of carboxylic acids is 1. The number of benzene rings is 1. The lowest BCUT2D eigenvalue weighted by Crippen LogP contribution is -2.23. The van der Waals surface area contributed by atoms with Crippen molar-refractivity contribution in [2.45, 2.75) is 44.3 Å². The van der Waals surface area contributed by atoms with Gasteiger partial charge in [-0.25, -0.2) is 4.98 Å². The van der Waals surface area contributed by atoms with Crippen LogP contribution in [0.1, 0.15) is 37.8 Å². The zero-order valence-corrected chi connectivity index (χ0v) is 13.2. The quantitative estimate of drug-likeness (QED) is 0.852. The van der Waals surface area contributed by atoms with E-state index in [-0.39, 0.29) is 5.75 Å². The molecule has 0 saturated heterocycles. The Bertz CT molecular complexity index is 676. The monoisotopic (exact) mass is 304 g/mol. The SMILES string of the molecule is Cc1cccc2nc(SCC(=O)O)n(C(C)C3CCC3)c12. The number of aliphatic carboxylic acids is 1. The van der Waals surface area contributed by atoms with Gasteiger partial charge in [0, 0.05) is 6.04 Å². The van der Waals surface area contributed by atoms with Crippen molar-refractivity contribution in [2.24, 2.45) is 5.92 Å². The maximum atomic E-state index is 10.9. The lowest BCUT2D eigenvalue weighted by molar-refractivity contribution is -0.133. The van der Waals surface area contributed by atoms with Crippen LogP contribution in [-0.4, -0.2) is 26.4 Å². The van der Waals surface area contributed by atoms with Crippen LogP contribution in [0, 0.1) is 12.8 Å². The summed E-state index contributed by atoms with van der Waals surface area (Å²) < 4.78 is 2.27. The summed E-state index contributed by atoms with van der Waals surface area (Å²) in [6, 6.07) is 6.49. The van der Waals surface area contributed by atoms with E-state index < -0.39 is 5.97 Å². The van der Waals surface area contributed by atoms with Gasteiger partial charge in [0.15, 0.2) is 5.16 Å². The van der Waals surface area contributed by atoms with E-state index in [1.165, 1.54) is 36.6 Å². The van der Waals surface area contributed by atoms with Crippen molar-refractivity contribution in [1.82, 2.24) is 9.55 Å². The average Bonchev–Trinajstić information content (AvgIpc) is 2.74. The highest BCUT2D eigenvalue weighted by atomic mass is 32.2. The highest BCUT2D eigenvalue weighted by Crippen LogP contribution is 2.40. The summed E-state index contributed by atoms with van der Waals surface area (Å²) in [6.45, 7) is 4.34. The number of hydrogen-bond donors (Lipinski definition) is 1. The number of carbonyl (C=O) groups is 1. The number of thioether (sulfide) groups is 1. The summed E-state index contributed by atoms with van der Waals surface area (Å²) in [5, 5.41) is 9.78. The third-order valence-electron chi connectivity index (χ3n) is 4.44. The van der Waals surface area contributed by atoms with Gasteiger partial charge >= 0.3 is 5.97 Å². The molecule has 1 saturated carbocycles. The van der Waals surface area contributed by atoms with E-state index in [1.54, 1.807) is 0 Å². The van der Waals surface area contributed by atoms with E-state index in [2.05, 4.69) is 29.5 Å². The summed E-state index contributed by atoms with van der Waals surface area (Å²) in [6.07, 6.45) is 3.82. The molecule has 1 aromatic heterocycles. The molecule has 2 aromatic rings. The predicted octanol–water partition coefficient (Wildman–Crippen LogP) is 3.88. The molecule has 0 spiro atoms. The molecule has 0 radical (unpaired) electrons. The molecule has 0 aliphatic heterocycles. The highest BCUT2D eigenvalue weighted by Gasteiger charge is 2.28. The van der Waals surface area contributed by atoms with Crippen molar-refractivity contribution in [3.05, 3.63) is 23.8 Å². The molecule has 0 amide bonds. The molecule has 1 aliphatic rings. The Kier molecular flexibility index (Phi) is 3.93. The van der Waals surface area contributed by atoms with Crippen LogP contribution in [0.2, 0.25) is 0 Å². The number of aryl methyl sites for hydroxylation is 1. The van der Waals surface area contributed by atoms with E-state index >= 15 is 0 Å². The molecule has 21 heavy (non-hydrogen) atoms. The minimum atomic E-state index is -0.799. The molecule has 112 valence electrons. The number of nitrogens with zero attached hydrogens (tertiary/aromatic N) is 2. The lowest BCUT2D eigenvalue weighted by Gasteiger charge is -2.33. The Balaban J connectivity index is 2.07. The van der Waals surface area contributed by atoms with Crippen LogP contribution in [0.4, 0.5) is 0 Å². The fourth-order valence-electron chi connectivity index (χ4n) is 3.04. The molecule has 5 heteroatoms. The zero-order valence-electron chi connectivity index (χ0n) is 12.4. The average molecular weight is 304 g/mol. The third-order valence-corrected chi connectivity index (χ3v) is 5.38. The van der Waals surface area contributed by atoms with Gasteiger partial charge in [-0.2, -0.15) is 0 Å². The van der Waals surface area contributed by atoms with E-state index in [0.29, 0.717) is 12.0 Å². The van der Waals surface area contributed by atoms with Crippen LogP contribution in [0.15, 0.2) is 23.4 Å². The Morgan fingerprint density at radius 1 is 1.52 bits per heavy atom. The Hall–Kier alpha value is -1.49. The molecule has 3 rings (SSSR count). The summed E-state index contributed by atoms with van der Waals surface area (Å²) >= 11 is 1.32. The molecule has 1 atom stereocenters. The van der Waals surface area contributed by atoms with Crippen molar-refractivity contribution in [3.63, 3.8) is 0 Å². The van der Waals surface area contributed by atoms with Gasteiger partial charge in [-0.3, -0.25) is 4.79 Å². The van der Waals surface area contributed by atoms with Gasteiger partial charge in [-0.1, -0.05) is 30.3 Å². The molecule has 1 unspecified atom stereocenters. The van der Waals surface area contributed by atoms with E-state index in [0.717, 1.165) is 16.2 Å². The second-order valence-corrected chi connectivity index (χ2v) is 6.76. The van der Waals surface area contributed by atoms with Crippen molar-refractivity contribution in [3.8, 4) is 0 Å². The van der Waals surface area contributed by atoms with Crippen LogP contribution in [-0.2, 0) is 4.79 Å². The Morgan fingerprint density at radius 3 is 2.90 bits per heavy atom. The predicted molar refractivity (Wildman–Crippen MR) is 84.9 cm³/mol. The smallest absolute Gasteiger partial charge is 0.313 e. The summed E-state index contributed by atoms with van der Waals surface area (Å²) in [5.74, 6) is -0.0578. The van der Waals surface area contributed by atoms with Gasteiger partial charge in [0.25, 0.3) is 0 Å². The minimum absolute atomic E-state index is 0.0553. The Morgan fingerprint density at radius 2 is 2.29 bits per heavy atom. The van der Waals surface area contributed by atoms with Crippen molar-refractivity contribution in [1.29, 1.82) is 0 Å². The first-order valence-corrected chi connectivity index (χ1v) is 8.38. The molecular weight excluding hydrogens is 284 g/mol. The second kappa shape index (κ2) is 5.72. The highest BCUT2D eigenvalue weighted by molar-refractivity contribution is 7.99.